The molecule has 1 N–H and O–H groups in total. The van der Waals surface area contributed by atoms with Gasteiger partial charge >= 0.3 is 0 Å². The zero-order valence-electron chi connectivity index (χ0n) is 15.1. The fraction of sp³-hybridized carbons (Fsp3) is 0.526. The highest BCUT2D eigenvalue weighted by Crippen LogP contribution is 2.16. The number of piperidine rings is 1. The maximum absolute atomic E-state index is 12.3. The number of likely N-dealkylation sites (tertiary alicyclic amines) is 1. The minimum Gasteiger partial charge on any atom is -0.303 e. The van der Waals surface area contributed by atoms with Gasteiger partial charge in [-0.1, -0.05) is 30.3 Å². The second-order valence-corrected chi connectivity index (χ2v) is 8.83. The molecule has 1 fully saturated rings. The van der Waals surface area contributed by atoms with Crippen molar-refractivity contribution in [3.63, 3.8) is 0 Å². The Morgan fingerprint density at radius 1 is 1.15 bits per heavy atom. The Labute approximate surface area is 156 Å². The first-order chi connectivity index (χ1) is 12.6. The molecule has 3 rings (SSSR count). The smallest absolute Gasteiger partial charge is 0.215 e. The highest BCUT2D eigenvalue weighted by molar-refractivity contribution is 7.88. The summed E-state index contributed by atoms with van der Waals surface area (Å²) < 4.78 is 29.4. The molecule has 0 saturated carbocycles. The molecule has 0 bridgehead atoms. The van der Waals surface area contributed by atoms with Crippen molar-refractivity contribution in [3.05, 3.63) is 54.4 Å². The fourth-order valence-electron chi connectivity index (χ4n) is 3.50. The third kappa shape index (κ3) is 6.23. The maximum Gasteiger partial charge on any atom is 0.215 e. The van der Waals surface area contributed by atoms with E-state index in [1.165, 1.54) is 0 Å². The second kappa shape index (κ2) is 9.30. The van der Waals surface area contributed by atoms with E-state index in [4.69, 9.17) is 0 Å². The lowest BCUT2D eigenvalue weighted by molar-refractivity contribution is 0.171. The van der Waals surface area contributed by atoms with E-state index >= 15 is 0 Å². The van der Waals surface area contributed by atoms with Gasteiger partial charge in [0.2, 0.25) is 10.0 Å². The van der Waals surface area contributed by atoms with Crippen LogP contribution in [0.3, 0.4) is 0 Å². The van der Waals surface area contributed by atoms with Gasteiger partial charge in [-0.15, -0.1) is 0 Å². The number of benzene rings is 1. The molecule has 1 aliphatic heterocycles. The molecule has 0 amide bonds. The van der Waals surface area contributed by atoms with Gasteiger partial charge in [-0.05, 0) is 49.9 Å². The predicted molar refractivity (Wildman–Crippen MR) is 103 cm³/mol. The quantitative estimate of drug-likeness (QED) is 0.728. The van der Waals surface area contributed by atoms with Crippen LogP contribution in [0, 0.1) is 5.92 Å². The summed E-state index contributed by atoms with van der Waals surface area (Å²) in [7, 11) is -3.28. The number of aromatic nitrogens is 2. The molecule has 0 unspecified atom stereocenters. The van der Waals surface area contributed by atoms with Crippen LogP contribution in [0.25, 0.3) is 0 Å². The van der Waals surface area contributed by atoms with Gasteiger partial charge in [0.25, 0.3) is 0 Å². The van der Waals surface area contributed by atoms with Gasteiger partial charge in [0.1, 0.15) is 0 Å². The number of nitrogens with one attached hydrogen (secondary N) is 1. The van der Waals surface area contributed by atoms with Crippen LogP contribution in [0.15, 0.2) is 48.8 Å². The third-order valence-corrected chi connectivity index (χ3v) is 6.14. The lowest BCUT2D eigenvalue weighted by atomic mass is 9.98. The Balaban J connectivity index is 1.40. The van der Waals surface area contributed by atoms with E-state index in [0.29, 0.717) is 12.5 Å². The average Bonchev–Trinajstić information content (AvgIpc) is 3.15. The van der Waals surface area contributed by atoms with Gasteiger partial charge in [0.15, 0.2) is 0 Å². The van der Waals surface area contributed by atoms with Crippen molar-refractivity contribution < 1.29 is 8.42 Å². The average molecular weight is 377 g/mol. The molecule has 0 aliphatic carbocycles. The molecule has 1 atom stereocenters. The van der Waals surface area contributed by atoms with Crippen LogP contribution in [0.2, 0.25) is 0 Å². The highest BCUT2D eigenvalue weighted by Gasteiger charge is 2.21. The van der Waals surface area contributed by atoms with Crippen molar-refractivity contribution in [3.8, 4) is 0 Å². The van der Waals surface area contributed by atoms with Crippen molar-refractivity contribution in [2.45, 2.75) is 31.6 Å². The van der Waals surface area contributed by atoms with E-state index in [9.17, 15) is 8.42 Å². The largest absolute Gasteiger partial charge is 0.303 e. The molecule has 1 saturated heterocycles. The Morgan fingerprint density at radius 3 is 2.77 bits per heavy atom. The summed E-state index contributed by atoms with van der Waals surface area (Å²) in [5.74, 6) is 0.438. The number of rotatable bonds is 9. The molecule has 1 aliphatic rings. The molecule has 6 nitrogen and oxygen atoms in total. The van der Waals surface area contributed by atoms with Crippen LogP contribution in [-0.4, -0.2) is 49.3 Å². The zero-order valence-corrected chi connectivity index (χ0v) is 15.9. The van der Waals surface area contributed by atoms with Gasteiger partial charge in [0, 0.05) is 32.0 Å². The van der Waals surface area contributed by atoms with Crippen molar-refractivity contribution in [1.82, 2.24) is 19.4 Å². The molecule has 1 aromatic carbocycles. The molecular formula is C19H28N4O2S. The second-order valence-electron chi connectivity index (χ2n) is 7.02. The molecule has 2 heterocycles. The highest BCUT2D eigenvalue weighted by atomic mass is 32.2. The summed E-state index contributed by atoms with van der Waals surface area (Å²) in [6.45, 7) is 4.56. The van der Waals surface area contributed by atoms with Gasteiger partial charge in [-0.2, -0.15) is 5.10 Å². The van der Waals surface area contributed by atoms with E-state index in [2.05, 4.69) is 14.7 Å². The minimum atomic E-state index is -3.28. The molecule has 0 radical (unpaired) electrons. The van der Waals surface area contributed by atoms with Crippen molar-refractivity contribution in [2.24, 2.45) is 5.92 Å². The van der Waals surface area contributed by atoms with E-state index < -0.39 is 10.0 Å². The van der Waals surface area contributed by atoms with E-state index in [1.54, 1.807) is 6.20 Å². The molecule has 0 spiro atoms. The number of nitrogens with zero attached hydrogens (tertiary/aromatic N) is 3. The van der Waals surface area contributed by atoms with Crippen LogP contribution < -0.4 is 4.72 Å². The summed E-state index contributed by atoms with van der Waals surface area (Å²) in [6.07, 6.45) is 7.07. The number of sulfonamides is 1. The summed E-state index contributed by atoms with van der Waals surface area (Å²) in [4.78, 5) is 2.45. The van der Waals surface area contributed by atoms with Crippen LogP contribution >= 0.6 is 0 Å². The summed E-state index contributed by atoms with van der Waals surface area (Å²) in [6, 6.07) is 11.3. The SMILES string of the molecule is O=S(=O)(Cc1ccccc1)NC[C@H]1CCCN(CCCn2cccn2)C1. The molecule has 1 aromatic heterocycles. The molecular weight excluding hydrogens is 348 g/mol. The third-order valence-electron chi connectivity index (χ3n) is 4.82. The normalized spacial score (nSPS) is 18.8. The van der Waals surface area contributed by atoms with Crippen molar-refractivity contribution in [2.75, 3.05) is 26.2 Å². The lowest BCUT2D eigenvalue weighted by Gasteiger charge is -2.32. The van der Waals surface area contributed by atoms with Crippen molar-refractivity contribution in [1.29, 1.82) is 0 Å². The van der Waals surface area contributed by atoms with E-state index in [1.807, 2.05) is 47.3 Å². The standard InChI is InChI=1S/C19H28N4O2S/c24-26(25,17-18-7-2-1-3-8-18)21-15-19-9-4-11-22(16-19)12-6-14-23-13-5-10-20-23/h1-3,5,7-8,10,13,19,21H,4,6,9,11-12,14-17H2/t19-/m1/s1. The topological polar surface area (TPSA) is 67.2 Å². The van der Waals surface area contributed by atoms with Crippen LogP contribution in [-0.2, 0) is 22.3 Å². The molecule has 26 heavy (non-hydrogen) atoms. The van der Waals surface area contributed by atoms with Gasteiger partial charge in [0.05, 0.1) is 5.75 Å². The van der Waals surface area contributed by atoms with Crippen LogP contribution in [0.1, 0.15) is 24.8 Å². The zero-order chi connectivity index (χ0) is 18.2. The first-order valence-electron chi connectivity index (χ1n) is 9.32. The predicted octanol–water partition coefficient (Wildman–Crippen LogP) is 2.10. The Morgan fingerprint density at radius 2 is 2.00 bits per heavy atom. The molecule has 2 aromatic rings. The fourth-order valence-corrected chi connectivity index (χ4v) is 4.72. The lowest BCUT2D eigenvalue weighted by Crippen LogP contribution is -2.41. The Bertz CT molecular complexity index is 747. The van der Waals surface area contributed by atoms with E-state index in [-0.39, 0.29) is 5.75 Å². The van der Waals surface area contributed by atoms with Gasteiger partial charge in [-0.3, -0.25) is 4.68 Å². The summed E-state index contributed by atoms with van der Waals surface area (Å²) >= 11 is 0. The Hall–Kier alpha value is -1.70. The van der Waals surface area contributed by atoms with Gasteiger partial charge in [-0.25, -0.2) is 13.1 Å². The number of aryl methyl sites for hydroxylation is 1. The summed E-state index contributed by atoms with van der Waals surface area (Å²) in [5.41, 5.74) is 0.823. The monoisotopic (exact) mass is 376 g/mol. The minimum absolute atomic E-state index is 0.0497. The molecule has 142 valence electrons. The first-order valence-corrected chi connectivity index (χ1v) is 11.0. The van der Waals surface area contributed by atoms with Crippen LogP contribution in [0.4, 0.5) is 0 Å². The number of hydrogen-bond donors (Lipinski definition) is 1. The molecule has 7 heteroatoms. The first kappa shape index (κ1) is 19.1. The maximum atomic E-state index is 12.3. The van der Waals surface area contributed by atoms with Crippen molar-refractivity contribution >= 4 is 10.0 Å². The van der Waals surface area contributed by atoms with Crippen LogP contribution in [0.5, 0.6) is 0 Å². The van der Waals surface area contributed by atoms with Gasteiger partial charge < -0.3 is 4.90 Å². The summed E-state index contributed by atoms with van der Waals surface area (Å²) in [5, 5.41) is 4.23. The number of hydrogen-bond acceptors (Lipinski definition) is 4. The Kier molecular flexibility index (Phi) is 6.82. The van der Waals surface area contributed by atoms with E-state index in [0.717, 1.165) is 51.0 Å².